The van der Waals surface area contributed by atoms with Crippen molar-refractivity contribution in [1.29, 1.82) is 0 Å². The predicted molar refractivity (Wildman–Crippen MR) is 82.8 cm³/mol. The first kappa shape index (κ1) is 14.4. The van der Waals surface area contributed by atoms with E-state index in [4.69, 9.17) is 0 Å². The van der Waals surface area contributed by atoms with Crippen molar-refractivity contribution in [3.63, 3.8) is 0 Å². The van der Waals surface area contributed by atoms with Gasteiger partial charge in [0.1, 0.15) is 5.82 Å². The van der Waals surface area contributed by atoms with Crippen LogP contribution in [0.4, 0.5) is 5.82 Å². The summed E-state index contributed by atoms with van der Waals surface area (Å²) in [5, 5.41) is 9.30. The number of aromatic nitrogens is 3. The quantitative estimate of drug-likeness (QED) is 0.937. The lowest BCUT2D eigenvalue weighted by molar-refractivity contribution is 0.0690. The molecular weight excluding hydrogens is 280 g/mol. The van der Waals surface area contributed by atoms with Crippen LogP contribution >= 0.6 is 0 Å². The third-order valence-corrected chi connectivity index (χ3v) is 3.98. The van der Waals surface area contributed by atoms with Crippen molar-refractivity contribution < 1.29 is 9.90 Å². The van der Waals surface area contributed by atoms with E-state index < -0.39 is 5.97 Å². The van der Waals surface area contributed by atoms with Crippen LogP contribution in [0.5, 0.6) is 0 Å². The molecule has 114 valence electrons. The molecule has 6 nitrogen and oxygen atoms in total. The zero-order valence-electron chi connectivity index (χ0n) is 12.4. The number of hydrogen-bond acceptors (Lipinski definition) is 5. The standard InChI is InChI=1S/C16H18N4O2/c1-11-4-8-20(9-5-11)14-10-13(16(21)22)18-15(19-14)12-2-6-17-7-3-12/h2-3,6-7,10-11H,4-5,8-9H2,1H3,(H,21,22). The van der Waals surface area contributed by atoms with Crippen molar-refractivity contribution in [2.75, 3.05) is 18.0 Å². The van der Waals surface area contributed by atoms with Crippen LogP contribution in [0, 0.1) is 5.92 Å². The molecule has 1 aliphatic heterocycles. The van der Waals surface area contributed by atoms with Crippen LogP contribution in [0.15, 0.2) is 30.6 Å². The minimum absolute atomic E-state index is 0.0236. The monoisotopic (exact) mass is 298 g/mol. The normalized spacial score (nSPS) is 15.8. The zero-order valence-corrected chi connectivity index (χ0v) is 12.4. The first-order valence-electron chi connectivity index (χ1n) is 7.41. The number of carboxylic acids is 1. The summed E-state index contributed by atoms with van der Waals surface area (Å²) >= 11 is 0. The Balaban J connectivity index is 1.99. The Morgan fingerprint density at radius 1 is 1.23 bits per heavy atom. The first-order chi connectivity index (χ1) is 10.6. The Bertz CT molecular complexity index is 667. The molecule has 0 radical (unpaired) electrons. The maximum Gasteiger partial charge on any atom is 0.354 e. The minimum atomic E-state index is -1.04. The summed E-state index contributed by atoms with van der Waals surface area (Å²) < 4.78 is 0. The van der Waals surface area contributed by atoms with Crippen molar-refractivity contribution in [1.82, 2.24) is 15.0 Å². The molecule has 1 fully saturated rings. The summed E-state index contributed by atoms with van der Waals surface area (Å²) in [5.41, 5.74) is 0.792. The summed E-state index contributed by atoms with van der Waals surface area (Å²) in [6, 6.07) is 5.12. The van der Waals surface area contributed by atoms with Crippen molar-refractivity contribution in [2.24, 2.45) is 5.92 Å². The molecule has 1 aliphatic rings. The highest BCUT2D eigenvalue weighted by molar-refractivity contribution is 5.87. The average Bonchev–Trinajstić information content (AvgIpc) is 2.56. The second-order valence-corrected chi connectivity index (χ2v) is 5.65. The summed E-state index contributed by atoms with van der Waals surface area (Å²) in [7, 11) is 0. The van der Waals surface area contributed by atoms with E-state index in [9.17, 15) is 9.90 Å². The molecule has 3 heterocycles. The number of anilines is 1. The van der Waals surface area contributed by atoms with E-state index in [1.165, 1.54) is 0 Å². The van der Waals surface area contributed by atoms with Crippen LogP contribution in [0.1, 0.15) is 30.3 Å². The predicted octanol–water partition coefficient (Wildman–Crippen LogP) is 2.47. The van der Waals surface area contributed by atoms with E-state index in [-0.39, 0.29) is 5.69 Å². The maximum absolute atomic E-state index is 11.4. The lowest BCUT2D eigenvalue weighted by atomic mass is 9.99. The summed E-state index contributed by atoms with van der Waals surface area (Å²) in [5.74, 6) is 0.781. The van der Waals surface area contributed by atoms with E-state index in [0.29, 0.717) is 17.6 Å². The molecule has 1 saturated heterocycles. The molecule has 22 heavy (non-hydrogen) atoms. The van der Waals surface area contributed by atoms with Crippen LogP contribution in [0.25, 0.3) is 11.4 Å². The lowest BCUT2D eigenvalue weighted by Crippen LogP contribution is -2.33. The van der Waals surface area contributed by atoms with Crippen LogP contribution < -0.4 is 4.90 Å². The van der Waals surface area contributed by atoms with Gasteiger partial charge < -0.3 is 10.0 Å². The van der Waals surface area contributed by atoms with E-state index in [1.54, 1.807) is 30.6 Å². The molecule has 0 aromatic carbocycles. The van der Waals surface area contributed by atoms with E-state index in [0.717, 1.165) is 31.5 Å². The highest BCUT2D eigenvalue weighted by atomic mass is 16.4. The van der Waals surface area contributed by atoms with Crippen LogP contribution in [-0.2, 0) is 0 Å². The van der Waals surface area contributed by atoms with Gasteiger partial charge in [-0.05, 0) is 30.9 Å². The maximum atomic E-state index is 11.4. The van der Waals surface area contributed by atoms with Gasteiger partial charge in [-0.25, -0.2) is 14.8 Å². The Kier molecular flexibility index (Phi) is 4.00. The zero-order chi connectivity index (χ0) is 15.5. The highest BCUT2D eigenvalue weighted by Crippen LogP contribution is 2.24. The van der Waals surface area contributed by atoms with E-state index in [1.807, 2.05) is 0 Å². The Labute approximate surface area is 128 Å². The molecule has 2 aromatic rings. The number of pyridine rings is 1. The average molecular weight is 298 g/mol. The van der Waals surface area contributed by atoms with Crippen molar-refractivity contribution in [2.45, 2.75) is 19.8 Å². The van der Waals surface area contributed by atoms with E-state index in [2.05, 4.69) is 26.8 Å². The van der Waals surface area contributed by atoms with Crippen LogP contribution in [0.2, 0.25) is 0 Å². The lowest BCUT2D eigenvalue weighted by Gasteiger charge is -2.31. The third-order valence-electron chi connectivity index (χ3n) is 3.98. The number of aromatic carboxylic acids is 1. The molecule has 6 heteroatoms. The smallest absolute Gasteiger partial charge is 0.354 e. The number of rotatable bonds is 3. The van der Waals surface area contributed by atoms with Gasteiger partial charge in [-0.15, -0.1) is 0 Å². The SMILES string of the molecule is CC1CCN(c2cc(C(=O)O)nc(-c3ccncc3)n2)CC1. The minimum Gasteiger partial charge on any atom is -0.477 e. The van der Waals surface area contributed by atoms with Gasteiger partial charge in [0.05, 0.1) is 0 Å². The van der Waals surface area contributed by atoms with Gasteiger partial charge in [-0.3, -0.25) is 4.98 Å². The number of nitrogens with zero attached hydrogens (tertiary/aromatic N) is 4. The first-order valence-corrected chi connectivity index (χ1v) is 7.41. The molecule has 1 N–H and O–H groups in total. The molecule has 0 aliphatic carbocycles. The molecule has 0 atom stereocenters. The van der Waals surface area contributed by atoms with Gasteiger partial charge in [0.25, 0.3) is 0 Å². The van der Waals surface area contributed by atoms with Gasteiger partial charge in [-0.1, -0.05) is 6.92 Å². The van der Waals surface area contributed by atoms with Crippen LogP contribution in [0.3, 0.4) is 0 Å². The highest BCUT2D eigenvalue weighted by Gasteiger charge is 2.20. The van der Waals surface area contributed by atoms with Gasteiger partial charge in [0.2, 0.25) is 0 Å². The number of carbonyl (C=O) groups is 1. The fraction of sp³-hybridized carbons (Fsp3) is 0.375. The molecular formula is C16H18N4O2. The number of piperidine rings is 1. The largest absolute Gasteiger partial charge is 0.477 e. The molecule has 0 saturated carbocycles. The molecule has 0 amide bonds. The van der Waals surface area contributed by atoms with Gasteiger partial charge in [0, 0.05) is 37.1 Å². The number of hydrogen-bond donors (Lipinski definition) is 1. The van der Waals surface area contributed by atoms with Gasteiger partial charge >= 0.3 is 5.97 Å². The Morgan fingerprint density at radius 3 is 2.55 bits per heavy atom. The third kappa shape index (κ3) is 3.05. The summed E-state index contributed by atoms with van der Waals surface area (Å²) in [6.07, 6.45) is 5.48. The molecule has 2 aromatic heterocycles. The molecule has 0 spiro atoms. The summed E-state index contributed by atoms with van der Waals surface area (Å²) in [6.45, 7) is 4.03. The van der Waals surface area contributed by atoms with Gasteiger partial charge in [0.15, 0.2) is 11.5 Å². The molecule has 3 rings (SSSR count). The Hall–Kier alpha value is -2.50. The fourth-order valence-corrected chi connectivity index (χ4v) is 2.57. The van der Waals surface area contributed by atoms with Crippen molar-refractivity contribution >= 4 is 11.8 Å². The van der Waals surface area contributed by atoms with Crippen molar-refractivity contribution in [3.05, 3.63) is 36.3 Å². The van der Waals surface area contributed by atoms with Gasteiger partial charge in [-0.2, -0.15) is 0 Å². The summed E-state index contributed by atoms with van der Waals surface area (Å²) in [4.78, 5) is 26.2. The van der Waals surface area contributed by atoms with Crippen molar-refractivity contribution in [3.8, 4) is 11.4 Å². The Morgan fingerprint density at radius 2 is 1.91 bits per heavy atom. The second-order valence-electron chi connectivity index (χ2n) is 5.65. The van der Waals surface area contributed by atoms with Crippen LogP contribution in [-0.4, -0.2) is 39.1 Å². The fourth-order valence-electron chi connectivity index (χ4n) is 2.57. The van der Waals surface area contributed by atoms with E-state index >= 15 is 0 Å². The molecule has 0 bridgehead atoms. The topological polar surface area (TPSA) is 79.2 Å². The second kappa shape index (κ2) is 6.09. The molecule has 0 unspecified atom stereocenters. The number of carboxylic acid groups (broad SMARTS) is 1.